The molecule has 4 heterocycles. The van der Waals surface area contributed by atoms with Gasteiger partial charge in [-0.05, 0) is 90.0 Å². The molecule has 9 rings (SSSR count). The maximum absolute atomic E-state index is 11.4. The molecular formula is C32H37N3O3. The summed E-state index contributed by atoms with van der Waals surface area (Å²) in [6, 6.07) is 9.23. The van der Waals surface area contributed by atoms with Gasteiger partial charge >= 0.3 is 0 Å². The van der Waals surface area contributed by atoms with Crippen LogP contribution in [-0.4, -0.2) is 68.7 Å². The molecule has 1 aromatic carbocycles. The molecular weight excluding hydrogens is 474 g/mol. The van der Waals surface area contributed by atoms with E-state index in [9.17, 15) is 10.2 Å². The molecule has 3 aliphatic heterocycles. The average Bonchev–Trinajstić information content (AvgIpc) is 3.49. The van der Waals surface area contributed by atoms with Gasteiger partial charge in [-0.2, -0.15) is 0 Å². The monoisotopic (exact) mass is 511 g/mol. The van der Waals surface area contributed by atoms with E-state index >= 15 is 0 Å². The molecule has 4 N–H and O–H groups in total. The first-order valence-electron chi connectivity index (χ1n) is 14.6. The van der Waals surface area contributed by atoms with E-state index in [1.165, 1.54) is 34.8 Å². The smallest absolute Gasteiger partial charge is 0.105 e. The van der Waals surface area contributed by atoms with E-state index in [2.05, 4.69) is 53.2 Å². The van der Waals surface area contributed by atoms with Gasteiger partial charge in [0.25, 0.3) is 0 Å². The Kier molecular flexibility index (Phi) is 4.16. The Hall–Kier alpha value is -2.09. The number of fused-ring (bicyclic) bond motifs is 4. The highest BCUT2D eigenvalue weighted by atomic mass is 16.5. The van der Waals surface area contributed by atoms with Crippen LogP contribution in [0.1, 0.15) is 51.0 Å². The van der Waals surface area contributed by atoms with Crippen molar-refractivity contribution in [1.29, 1.82) is 0 Å². The third-order valence-electron chi connectivity index (χ3n) is 12.5. The zero-order valence-corrected chi connectivity index (χ0v) is 22.0. The zero-order valence-electron chi connectivity index (χ0n) is 22.0. The molecule has 3 saturated carbocycles. The molecule has 9 atom stereocenters. The van der Waals surface area contributed by atoms with Crippen molar-refractivity contribution in [2.75, 3.05) is 13.1 Å². The van der Waals surface area contributed by atoms with Crippen LogP contribution in [0.2, 0.25) is 0 Å². The Morgan fingerprint density at radius 2 is 1.97 bits per heavy atom. The Morgan fingerprint density at radius 1 is 1.11 bits per heavy atom. The van der Waals surface area contributed by atoms with Gasteiger partial charge in [-0.15, -0.1) is 0 Å². The van der Waals surface area contributed by atoms with Crippen LogP contribution in [0.3, 0.4) is 0 Å². The maximum Gasteiger partial charge on any atom is 0.105 e. The Labute approximate surface area is 223 Å². The number of rotatable bonds is 2. The Balaban J connectivity index is 1.12. The number of hydrogen-bond acceptors (Lipinski definition) is 6. The number of aliphatic hydroxyl groups is 2. The van der Waals surface area contributed by atoms with Gasteiger partial charge in [-0.25, -0.2) is 0 Å². The van der Waals surface area contributed by atoms with Crippen molar-refractivity contribution in [3.8, 4) is 0 Å². The van der Waals surface area contributed by atoms with Crippen molar-refractivity contribution in [3.05, 3.63) is 65.5 Å². The second-order valence-corrected chi connectivity index (χ2v) is 13.9. The fourth-order valence-electron chi connectivity index (χ4n) is 10.5. The highest BCUT2D eigenvalue weighted by Gasteiger charge is 2.78. The lowest BCUT2D eigenvalue weighted by Crippen LogP contribution is -2.68. The predicted molar refractivity (Wildman–Crippen MR) is 144 cm³/mol. The standard InChI is InChI=1S/C32H37N3O3/c1-29-6-4-21-11-24-27(36)28(37)25(35-16-23(33)17-35)14-30(24)7-8-32(21,38-30)26(29)12-22-13-31(22,29)20-3-2-18-5-9-34-15-19(18)10-20/h2-5,9-11,15,22-23,25-28,36-37H,6-8,12-14,16-17,33H2,1H3/t22-,25-,26+,27+,28+,29-,30+,31-,32?/m0/s1. The van der Waals surface area contributed by atoms with Crippen molar-refractivity contribution in [2.24, 2.45) is 23.0 Å². The first kappa shape index (κ1) is 22.7. The van der Waals surface area contributed by atoms with Gasteiger partial charge in [-0.1, -0.05) is 31.2 Å². The molecule has 0 amide bonds. The SMILES string of the molecule is C[C@]12CC=C3C=C4[C@@H](O)[C@H](O)[C@@H](N5CC(N)C5)C[C@]45CCC3(O5)[C@@H]1C[C@H]1C[C@]12c1ccc2ccncc2c1. The quantitative estimate of drug-likeness (QED) is 0.574. The summed E-state index contributed by atoms with van der Waals surface area (Å²) in [5.41, 5.74) is 9.30. The van der Waals surface area contributed by atoms with Gasteiger partial charge in [0.1, 0.15) is 6.10 Å². The number of likely N-dealkylation sites (tertiary alicyclic amines) is 1. The molecule has 7 aliphatic rings. The fraction of sp³-hybridized carbons (Fsp3) is 0.594. The van der Waals surface area contributed by atoms with Crippen molar-refractivity contribution in [1.82, 2.24) is 9.88 Å². The van der Waals surface area contributed by atoms with E-state index in [1.807, 2.05) is 12.4 Å². The lowest BCUT2D eigenvalue weighted by Gasteiger charge is -2.58. The van der Waals surface area contributed by atoms with E-state index in [1.54, 1.807) is 0 Å². The molecule has 4 aliphatic carbocycles. The van der Waals surface area contributed by atoms with Crippen LogP contribution in [0, 0.1) is 17.3 Å². The van der Waals surface area contributed by atoms with E-state index in [0.29, 0.717) is 11.8 Å². The molecule has 38 heavy (non-hydrogen) atoms. The summed E-state index contributed by atoms with van der Waals surface area (Å²) in [5.74, 6) is 1.14. The van der Waals surface area contributed by atoms with Gasteiger partial charge < -0.3 is 20.7 Å². The van der Waals surface area contributed by atoms with Gasteiger partial charge in [0.15, 0.2) is 0 Å². The molecule has 198 valence electrons. The normalized spacial score (nSPS) is 48.9. The van der Waals surface area contributed by atoms with E-state index in [4.69, 9.17) is 10.5 Å². The van der Waals surface area contributed by atoms with E-state index < -0.39 is 17.8 Å². The minimum atomic E-state index is -0.884. The molecule has 0 radical (unpaired) electrons. The largest absolute Gasteiger partial charge is 0.388 e. The summed E-state index contributed by atoms with van der Waals surface area (Å²) >= 11 is 0. The number of benzene rings is 1. The maximum atomic E-state index is 11.4. The minimum Gasteiger partial charge on any atom is -0.388 e. The molecule has 1 unspecified atom stereocenters. The minimum absolute atomic E-state index is 0.105. The van der Waals surface area contributed by atoms with Gasteiger partial charge in [0, 0.05) is 48.4 Å². The average molecular weight is 512 g/mol. The number of ether oxygens (including phenoxy) is 1. The summed E-state index contributed by atoms with van der Waals surface area (Å²) < 4.78 is 7.40. The number of allylic oxidation sites excluding steroid dienone is 1. The predicted octanol–water partition coefficient (Wildman–Crippen LogP) is 3.21. The van der Waals surface area contributed by atoms with Crippen molar-refractivity contribution in [3.63, 3.8) is 0 Å². The fourth-order valence-corrected chi connectivity index (χ4v) is 10.5. The first-order chi connectivity index (χ1) is 18.3. The van der Waals surface area contributed by atoms with Crippen LogP contribution in [0.5, 0.6) is 0 Å². The number of nitrogens with two attached hydrogens (primary N) is 1. The number of pyridine rings is 1. The third kappa shape index (κ3) is 2.47. The van der Waals surface area contributed by atoms with Crippen molar-refractivity contribution >= 4 is 10.8 Å². The van der Waals surface area contributed by atoms with Crippen LogP contribution >= 0.6 is 0 Å². The molecule has 1 aromatic heterocycles. The van der Waals surface area contributed by atoms with E-state index in [0.717, 1.165) is 44.3 Å². The van der Waals surface area contributed by atoms with Crippen molar-refractivity contribution in [2.45, 2.75) is 86.4 Å². The summed E-state index contributed by atoms with van der Waals surface area (Å²) in [7, 11) is 0. The van der Waals surface area contributed by atoms with Crippen molar-refractivity contribution < 1.29 is 14.9 Å². The Morgan fingerprint density at radius 3 is 2.82 bits per heavy atom. The summed E-state index contributed by atoms with van der Waals surface area (Å²) in [6.45, 7) is 4.11. The molecule has 6 nitrogen and oxygen atoms in total. The van der Waals surface area contributed by atoms with Crippen LogP contribution < -0.4 is 5.73 Å². The molecule has 2 bridgehead atoms. The summed E-state index contributed by atoms with van der Waals surface area (Å²) in [5, 5.41) is 25.0. The van der Waals surface area contributed by atoms with Gasteiger partial charge in [-0.3, -0.25) is 9.88 Å². The first-order valence-corrected chi connectivity index (χ1v) is 14.6. The highest BCUT2D eigenvalue weighted by Crippen LogP contribution is 2.80. The highest BCUT2D eigenvalue weighted by molar-refractivity contribution is 5.82. The number of hydrogen-bond donors (Lipinski definition) is 3. The number of nitrogens with zero attached hydrogens (tertiary/aromatic N) is 2. The zero-order chi connectivity index (χ0) is 25.7. The third-order valence-corrected chi connectivity index (χ3v) is 12.5. The van der Waals surface area contributed by atoms with E-state index in [-0.39, 0.29) is 28.5 Å². The lowest BCUT2D eigenvalue weighted by molar-refractivity contribution is -0.175. The van der Waals surface area contributed by atoms with Crippen LogP contribution in [-0.2, 0) is 10.2 Å². The molecule has 5 fully saturated rings. The molecule has 2 saturated heterocycles. The second kappa shape index (κ2) is 6.97. The Bertz CT molecular complexity index is 1450. The molecule has 2 spiro atoms. The number of aliphatic hydroxyl groups excluding tert-OH is 2. The summed E-state index contributed by atoms with van der Waals surface area (Å²) in [6.07, 6.45) is 13.0. The second-order valence-electron chi connectivity index (χ2n) is 13.9. The van der Waals surface area contributed by atoms with Gasteiger partial charge in [0.2, 0.25) is 0 Å². The number of aromatic nitrogens is 1. The molecule has 6 heteroatoms. The van der Waals surface area contributed by atoms with Crippen LogP contribution in [0.25, 0.3) is 10.8 Å². The van der Waals surface area contributed by atoms with Crippen LogP contribution in [0.15, 0.2) is 60.0 Å². The lowest BCUT2D eigenvalue weighted by atomic mass is 9.55. The summed E-state index contributed by atoms with van der Waals surface area (Å²) in [4.78, 5) is 6.65. The van der Waals surface area contributed by atoms with Gasteiger partial charge in [0.05, 0.1) is 17.3 Å². The molecule has 2 aromatic rings. The topological polar surface area (TPSA) is 91.8 Å². The van der Waals surface area contributed by atoms with Crippen LogP contribution in [0.4, 0.5) is 0 Å².